The van der Waals surface area contributed by atoms with E-state index in [9.17, 15) is 24.6 Å². The Kier molecular flexibility index (Phi) is 3.80. The van der Waals surface area contributed by atoms with Gasteiger partial charge in [0.1, 0.15) is 0 Å². The molecule has 0 aromatic carbocycles. The number of carbonyl (C=O) groups excluding carboxylic acids is 1. The van der Waals surface area contributed by atoms with Crippen molar-refractivity contribution in [2.24, 2.45) is 23.7 Å². The highest BCUT2D eigenvalue weighted by Gasteiger charge is 2.52. The predicted molar refractivity (Wildman–Crippen MR) is 66.6 cm³/mol. The van der Waals surface area contributed by atoms with Gasteiger partial charge in [-0.15, -0.1) is 0 Å². The minimum Gasteiger partial charge on any atom is -0.481 e. The summed E-state index contributed by atoms with van der Waals surface area (Å²) in [6.45, 7) is 1.26. The van der Waals surface area contributed by atoms with Crippen LogP contribution in [0.1, 0.15) is 13.3 Å². The fraction of sp³-hybridized carbons (Fsp3) is 0.615. The van der Waals surface area contributed by atoms with E-state index in [1.54, 1.807) is 6.08 Å². The van der Waals surface area contributed by atoms with Gasteiger partial charge in [0.15, 0.2) is 6.04 Å². The quantitative estimate of drug-likeness (QED) is 0.502. The molecule has 110 valence electrons. The third-order valence-corrected chi connectivity index (χ3v) is 4.09. The first-order valence-electron chi connectivity index (χ1n) is 6.45. The second-order valence-electron chi connectivity index (χ2n) is 5.40. The molecule has 0 aromatic heterocycles. The number of carboxylic acid groups (broad SMARTS) is 2. The molecule has 2 rings (SSSR count). The van der Waals surface area contributed by atoms with Crippen LogP contribution < -0.4 is 5.32 Å². The van der Waals surface area contributed by atoms with E-state index in [2.05, 4.69) is 5.32 Å². The molecule has 1 fully saturated rings. The van der Waals surface area contributed by atoms with Crippen LogP contribution in [-0.4, -0.2) is 45.3 Å². The van der Waals surface area contributed by atoms with Crippen molar-refractivity contribution >= 4 is 17.8 Å². The van der Waals surface area contributed by atoms with Crippen LogP contribution in [0, 0.1) is 23.7 Å². The Morgan fingerprint density at radius 2 is 1.70 bits per heavy atom. The highest BCUT2D eigenvalue weighted by Crippen LogP contribution is 2.48. The molecule has 2 aliphatic carbocycles. The molecule has 0 unspecified atom stereocenters. The van der Waals surface area contributed by atoms with E-state index in [0.29, 0.717) is 6.42 Å². The maximum Gasteiger partial charge on any atom is 0.328 e. The van der Waals surface area contributed by atoms with Gasteiger partial charge in [-0.1, -0.05) is 12.2 Å². The van der Waals surface area contributed by atoms with Crippen LogP contribution in [0.15, 0.2) is 12.2 Å². The van der Waals surface area contributed by atoms with Gasteiger partial charge in [-0.05, 0) is 25.2 Å². The predicted octanol–water partition coefficient (Wildman–Crippen LogP) is -0.540. The molecule has 7 nitrogen and oxygen atoms in total. The molecule has 0 aromatic rings. The number of carbonyl (C=O) groups is 3. The van der Waals surface area contributed by atoms with Crippen LogP contribution >= 0.6 is 0 Å². The zero-order valence-corrected chi connectivity index (χ0v) is 10.9. The molecule has 0 heterocycles. The van der Waals surface area contributed by atoms with Gasteiger partial charge in [-0.25, -0.2) is 4.79 Å². The van der Waals surface area contributed by atoms with E-state index in [1.165, 1.54) is 6.92 Å². The molecule has 6 atom stereocenters. The van der Waals surface area contributed by atoms with Crippen LogP contribution in [-0.2, 0) is 14.4 Å². The van der Waals surface area contributed by atoms with E-state index in [-0.39, 0.29) is 11.8 Å². The van der Waals surface area contributed by atoms with Crippen molar-refractivity contribution in [3.8, 4) is 0 Å². The smallest absolute Gasteiger partial charge is 0.328 e. The van der Waals surface area contributed by atoms with Gasteiger partial charge in [0.05, 0.1) is 17.9 Å². The van der Waals surface area contributed by atoms with Crippen LogP contribution in [0.3, 0.4) is 0 Å². The van der Waals surface area contributed by atoms with Crippen LogP contribution in [0.4, 0.5) is 0 Å². The van der Waals surface area contributed by atoms with E-state index in [1.807, 2.05) is 6.08 Å². The number of aliphatic hydroxyl groups excluding tert-OH is 1. The van der Waals surface area contributed by atoms with Gasteiger partial charge in [0, 0.05) is 0 Å². The number of hydrogen-bond acceptors (Lipinski definition) is 4. The standard InChI is InChI=1S/C13H17NO6/c1-5(15)10(13(19)20)14-11(16)8-6-2-3-7(4-6)9(8)12(17)18/h2-3,5-10,15H,4H2,1H3,(H,14,16)(H,17,18)(H,19,20)/t5-,6-,7-,8+,9-,10+/m0/s1. The van der Waals surface area contributed by atoms with Crippen molar-refractivity contribution in [1.29, 1.82) is 0 Å². The molecular weight excluding hydrogens is 266 g/mol. The molecule has 2 bridgehead atoms. The number of allylic oxidation sites excluding steroid dienone is 2. The molecule has 0 radical (unpaired) electrons. The average Bonchev–Trinajstić information content (AvgIpc) is 2.94. The number of aliphatic hydroxyl groups is 1. The summed E-state index contributed by atoms with van der Waals surface area (Å²) < 4.78 is 0. The lowest BCUT2D eigenvalue weighted by Crippen LogP contribution is -2.51. The fourth-order valence-corrected chi connectivity index (χ4v) is 3.15. The van der Waals surface area contributed by atoms with Gasteiger partial charge in [-0.3, -0.25) is 9.59 Å². The number of fused-ring (bicyclic) bond motifs is 2. The SMILES string of the molecule is C[C@H](O)[C@@H](NC(=O)[C@H]1[C@@H](C(=O)O)[C@H]2C=C[C@H]1C2)C(=O)O. The minimum absolute atomic E-state index is 0.176. The van der Waals surface area contributed by atoms with Crippen molar-refractivity contribution in [2.75, 3.05) is 0 Å². The molecule has 1 amide bonds. The van der Waals surface area contributed by atoms with Crippen LogP contribution in [0.5, 0.6) is 0 Å². The summed E-state index contributed by atoms with van der Waals surface area (Å²) in [5.41, 5.74) is 0. The van der Waals surface area contributed by atoms with Crippen molar-refractivity contribution in [2.45, 2.75) is 25.5 Å². The second-order valence-corrected chi connectivity index (χ2v) is 5.40. The zero-order valence-electron chi connectivity index (χ0n) is 10.9. The van der Waals surface area contributed by atoms with Gasteiger partial charge in [0.25, 0.3) is 0 Å². The van der Waals surface area contributed by atoms with Gasteiger partial charge in [-0.2, -0.15) is 0 Å². The van der Waals surface area contributed by atoms with Crippen LogP contribution in [0.25, 0.3) is 0 Å². The molecule has 1 saturated carbocycles. The maximum atomic E-state index is 12.2. The first kappa shape index (κ1) is 14.5. The summed E-state index contributed by atoms with van der Waals surface area (Å²) in [6, 6.07) is -1.43. The summed E-state index contributed by atoms with van der Waals surface area (Å²) in [5.74, 6) is -4.98. The van der Waals surface area contributed by atoms with E-state index < -0.39 is 41.8 Å². The minimum atomic E-state index is -1.43. The lowest BCUT2D eigenvalue weighted by atomic mass is 9.82. The number of rotatable bonds is 5. The van der Waals surface area contributed by atoms with E-state index in [0.717, 1.165) is 0 Å². The van der Waals surface area contributed by atoms with Crippen molar-refractivity contribution in [1.82, 2.24) is 5.32 Å². The van der Waals surface area contributed by atoms with E-state index >= 15 is 0 Å². The molecule has 4 N–H and O–H groups in total. The highest BCUT2D eigenvalue weighted by molar-refractivity contribution is 5.90. The molecule has 0 aliphatic heterocycles. The lowest BCUT2D eigenvalue weighted by molar-refractivity contribution is -0.149. The van der Waals surface area contributed by atoms with Crippen LogP contribution in [0.2, 0.25) is 0 Å². The molecule has 20 heavy (non-hydrogen) atoms. The first-order chi connectivity index (χ1) is 9.32. The third-order valence-electron chi connectivity index (χ3n) is 4.09. The zero-order chi connectivity index (χ0) is 15.0. The Balaban J connectivity index is 2.14. The van der Waals surface area contributed by atoms with Gasteiger partial charge in [0.2, 0.25) is 5.91 Å². The summed E-state index contributed by atoms with van der Waals surface area (Å²) >= 11 is 0. The molecular formula is C13H17NO6. The molecule has 7 heteroatoms. The molecule has 0 spiro atoms. The summed E-state index contributed by atoms with van der Waals surface area (Å²) in [6.07, 6.45) is 2.96. The second kappa shape index (κ2) is 5.24. The summed E-state index contributed by atoms with van der Waals surface area (Å²) in [5, 5.41) is 29.8. The first-order valence-corrected chi connectivity index (χ1v) is 6.45. The normalized spacial score (nSPS) is 33.7. The van der Waals surface area contributed by atoms with Gasteiger partial charge < -0.3 is 20.6 Å². The van der Waals surface area contributed by atoms with Gasteiger partial charge >= 0.3 is 11.9 Å². The Morgan fingerprint density at radius 1 is 1.15 bits per heavy atom. The molecule has 2 aliphatic rings. The third kappa shape index (κ3) is 2.40. The topological polar surface area (TPSA) is 124 Å². The monoisotopic (exact) mass is 283 g/mol. The number of aliphatic carboxylic acids is 2. The summed E-state index contributed by atoms with van der Waals surface area (Å²) in [4.78, 5) is 34.4. The summed E-state index contributed by atoms with van der Waals surface area (Å²) in [7, 11) is 0. The Hall–Kier alpha value is -1.89. The Bertz CT molecular complexity index is 471. The molecule has 0 saturated heterocycles. The largest absolute Gasteiger partial charge is 0.481 e. The number of hydrogen-bond donors (Lipinski definition) is 4. The maximum absolute atomic E-state index is 12.2. The van der Waals surface area contributed by atoms with E-state index in [4.69, 9.17) is 5.11 Å². The number of carboxylic acids is 2. The van der Waals surface area contributed by atoms with Crippen molar-refractivity contribution in [3.63, 3.8) is 0 Å². The fourth-order valence-electron chi connectivity index (χ4n) is 3.15. The lowest BCUT2D eigenvalue weighted by Gasteiger charge is -2.26. The Labute approximate surface area is 115 Å². The highest BCUT2D eigenvalue weighted by atomic mass is 16.4. The Morgan fingerprint density at radius 3 is 2.15 bits per heavy atom. The van der Waals surface area contributed by atoms with Crippen molar-refractivity contribution < 1.29 is 29.7 Å². The number of nitrogens with one attached hydrogen (secondary N) is 1. The average molecular weight is 283 g/mol. The number of amides is 1. The van der Waals surface area contributed by atoms with Crippen molar-refractivity contribution in [3.05, 3.63) is 12.2 Å².